The number of hydrogen-bond donors (Lipinski definition) is 1. The molecule has 1 aromatic carbocycles. The van der Waals surface area contributed by atoms with Gasteiger partial charge in [0, 0.05) is 29.1 Å². The second-order valence-electron chi connectivity index (χ2n) is 6.69. The number of hydrogen-bond acceptors (Lipinski definition) is 4. The third kappa shape index (κ3) is 3.69. The van der Waals surface area contributed by atoms with E-state index in [2.05, 4.69) is 23.8 Å². The first kappa shape index (κ1) is 17.5. The molecule has 0 aliphatic rings. The van der Waals surface area contributed by atoms with Gasteiger partial charge in [0.05, 0.1) is 11.5 Å². The van der Waals surface area contributed by atoms with Crippen molar-refractivity contribution in [2.45, 2.75) is 25.7 Å². The minimum absolute atomic E-state index is 0.276. The number of pyridine rings is 1. The lowest BCUT2D eigenvalue weighted by atomic mass is 10.0. The van der Waals surface area contributed by atoms with E-state index >= 15 is 0 Å². The Morgan fingerprint density at radius 3 is 2.60 bits per heavy atom. The number of aromatic amines is 1. The third-order valence-corrected chi connectivity index (χ3v) is 5.01. The van der Waals surface area contributed by atoms with Crippen LogP contribution in [0.5, 0.6) is 5.75 Å². The molecule has 0 unspecified atom stereocenters. The van der Waals surface area contributed by atoms with Gasteiger partial charge in [-0.25, -0.2) is 13.4 Å². The van der Waals surface area contributed by atoms with Crippen molar-refractivity contribution in [3.63, 3.8) is 0 Å². The molecule has 0 atom stereocenters. The molecule has 0 radical (unpaired) electrons. The van der Waals surface area contributed by atoms with E-state index in [1.54, 1.807) is 18.2 Å². The van der Waals surface area contributed by atoms with Gasteiger partial charge >= 0.3 is 0 Å². The first-order chi connectivity index (χ1) is 11.8. The van der Waals surface area contributed by atoms with Crippen LogP contribution in [0.25, 0.3) is 22.2 Å². The number of rotatable bonds is 5. The molecule has 0 fully saturated rings. The summed E-state index contributed by atoms with van der Waals surface area (Å²) in [6, 6.07) is 8.92. The number of H-pyrrole nitrogens is 1. The summed E-state index contributed by atoms with van der Waals surface area (Å²) in [5.41, 5.74) is 3.30. The van der Waals surface area contributed by atoms with Crippen LogP contribution in [0.15, 0.2) is 41.4 Å². The summed E-state index contributed by atoms with van der Waals surface area (Å²) >= 11 is 0. The molecule has 0 spiro atoms. The Morgan fingerprint density at radius 1 is 1.16 bits per heavy atom. The monoisotopic (exact) mass is 358 g/mol. The van der Waals surface area contributed by atoms with E-state index < -0.39 is 9.84 Å². The lowest BCUT2D eigenvalue weighted by Crippen LogP contribution is -2.06. The van der Waals surface area contributed by atoms with Crippen LogP contribution >= 0.6 is 0 Å². The number of benzene rings is 1. The highest BCUT2D eigenvalue weighted by Gasteiger charge is 2.17. The molecule has 2 aromatic heterocycles. The molecule has 0 saturated carbocycles. The summed E-state index contributed by atoms with van der Waals surface area (Å²) in [4.78, 5) is 7.87. The Kier molecular flexibility index (Phi) is 4.56. The summed E-state index contributed by atoms with van der Waals surface area (Å²) in [6.07, 6.45) is 3.04. The summed E-state index contributed by atoms with van der Waals surface area (Å²) in [5, 5.41) is 0.936. The normalized spacial score (nSPS) is 12.0. The zero-order valence-corrected chi connectivity index (χ0v) is 15.6. The SMILES string of the molecule is Cc1cc(-c2cc(S(C)(=O)=O)ccc2OCC(C)C)c2cc[nH]c2n1. The lowest BCUT2D eigenvalue weighted by molar-refractivity contribution is 0.272. The van der Waals surface area contributed by atoms with Crippen molar-refractivity contribution in [1.29, 1.82) is 0 Å². The number of ether oxygens (including phenoxy) is 1. The largest absolute Gasteiger partial charge is 0.493 e. The fraction of sp³-hybridized carbons (Fsp3) is 0.316. The van der Waals surface area contributed by atoms with Crippen molar-refractivity contribution in [2.75, 3.05) is 12.9 Å². The first-order valence-corrected chi connectivity index (χ1v) is 10.1. The molecule has 2 heterocycles. The summed E-state index contributed by atoms with van der Waals surface area (Å²) in [7, 11) is -3.31. The van der Waals surface area contributed by atoms with E-state index in [0.29, 0.717) is 18.3 Å². The summed E-state index contributed by atoms with van der Waals surface area (Å²) in [6.45, 7) is 6.63. The number of fused-ring (bicyclic) bond motifs is 1. The van der Waals surface area contributed by atoms with Crippen molar-refractivity contribution in [2.24, 2.45) is 5.92 Å². The number of nitrogens with one attached hydrogen (secondary N) is 1. The second-order valence-corrected chi connectivity index (χ2v) is 8.70. The molecule has 3 aromatic rings. The topological polar surface area (TPSA) is 72.1 Å². The number of aromatic nitrogens is 2. The predicted octanol–water partition coefficient (Wildman–Crippen LogP) is 3.98. The Hall–Kier alpha value is -2.34. The molecule has 0 aliphatic carbocycles. The highest BCUT2D eigenvalue weighted by Crippen LogP contribution is 2.36. The lowest BCUT2D eigenvalue weighted by Gasteiger charge is -2.15. The molecule has 0 saturated heterocycles. The summed E-state index contributed by atoms with van der Waals surface area (Å²) < 4.78 is 30.0. The van der Waals surface area contributed by atoms with Crippen molar-refractivity contribution in [3.8, 4) is 16.9 Å². The van der Waals surface area contributed by atoms with Gasteiger partial charge in [0.15, 0.2) is 9.84 Å². The van der Waals surface area contributed by atoms with Crippen LogP contribution in [-0.2, 0) is 9.84 Å². The van der Waals surface area contributed by atoms with Crippen LogP contribution < -0.4 is 4.74 Å². The van der Waals surface area contributed by atoms with E-state index in [1.807, 2.05) is 25.3 Å². The molecule has 3 rings (SSSR count). The van der Waals surface area contributed by atoms with Crippen molar-refractivity contribution in [1.82, 2.24) is 9.97 Å². The Balaban J connectivity index is 2.24. The van der Waals surface area contributed by atoms with Crippen LogP contribution in [0.1, 0.15) is 19.5 Å². The van der Waals surface area contributed by atoms with Gasteiger partial charge in [-0.3, -0.25) is 0 Å². The average Bonchev–Trinajstić information content (AvgIpc) is 2.99. The van der Waals surface area contributed by atoms with Gasteiger partial charge in [-0.2, -0.15) is 0 Å². The van der Waals surface area contributed by atoms with Crippen LogP contribution in [-0.4, -0.2) is 31.2 Å². The van der Waals surface area contributed by atoms with E-state index in [4.69, 9.17) is 4.74 Å². The smallest absolute Gasteiger partial charge is 0.175 e. The molecule has 0 aliphatic heterocycles. The van der Waals surface area contributed by atoms with Crippen LogP contribution in [0.4, 0.5) is 0 Å². The molecule has 0 bridgehead atoms. The second kappa shape index (κ2) is 6.52. The minimum Gasteiger partial charge on any atom is -0.493 e. The van der Waals surface area contributed by atoms with Crippen LogP contribution in [0.2, 0.25) is 0 Å². The van der Waals surface area contributed by atoms with Gasteiger partial charge in [-0.1, -0.05) is 13.8 Å². The molecule has 6 heteroatoms. The molecule has 5 nitrogen and oxygen atoms in total. The molecular formula is C19H22N2O3S. The van der Waals surface area contributed by atoms with Gasteiger partial charge in [-0.05, 0) is 48.7 Å². The average molecular weight is 358 g/mol. The third-order valence-electron chi connectivity index (χ3n) is 3.90. The maximum absolute atomic E-state index is 12.0. The Morgan fingerprint density at radius 2 is 1.92 bits per heavy atom. The van der Waals surface area contributed by atoms with Crippen molar-refractivity contribution < 1.29 is 13.2 Å². The number of nitrogens with zero attached hydrogens (tertiary/aromatic N) is 1. The first-order valence-electron chi connectivity index (χ1n) is 8.17. The summed E-state index contributed by atoms with van der Waals surface area (Å²) in [5.74, 6) is 1.04. The minimum atomic E-state index is -3.31. The number of sulfone groups is 1. The quantitative estimate of drug-likeness (QED) is 0.749. The zero-order chi connectivity index (χ0) is 18.2. The van der Waals surface area contributed by atoms with Gasteiger partial charge in [0.2, 0.25) is 0 Å². The van der Waals surface area contributed by atoms with Gasteiger partial charge in [0.25, 0.3) is 0 Å². The highest BCUT2D eigenvalue weighted by atomic mass is 32.2. The fourth-order valence-electron chi connectivity index (χ4n) is 2.72. The van der Waals surface area contributed by atoms with E-state index in [1.165, 1.54) is 6.26 Å². The number of aryl methyl sites for hydroxylation is 1. The van der Waals surface area contributed by atoms with E-state index in [-0.39, 0.29) is 4.90 Å². The predicted molar refractivity (Wildman–Crippen MR) is 99.7 cm³/mol. The van der Waals surface area contributed by atoms with Gasteiger partial charge < -0.3 is 9.72 Å². The van der Waals surface area contributed by atoms with Crippen molar-refractivity contribution >= 4 is 20.9 Å². The molecule has 132 valence electrons. The maximum atomic E-state index is 12.0. The van der Waals surface area contributed by atoms with E-state index in [0.717, 1.165) is 27.9 Å². The van der Waals surface area contributed by atoms with Crippen LogP contribution in [0.3, 0.4) is 0 Å². The Labute approximate surface area is 148 Å². The zero-order valence-electron chi connectivity index (χ0n) is 14.8. The van der Waals surface area contributed by atoms with Gasteiger partial charge in [0.1, 0.15) is 11.4 Å². The molecular weight excluding hydrogens is 336 g/mol. The maximum Gasteiger partial charge on any atom is 0.175 e. The van der Waals surface area contributed by atoms with Crippen molar-refractivity contribution in [3.05, 3.63) is 42.2 Å². The standard InChI is InChI=1S/C19H22N2O3S/c1-12(2)11-24-18-6-5-14(25(4,22)23)10-17(18)16-9-13(3)21-19-15(16)7-8-20-19/h5-10,12H,11H2,1-4H3,(H,20,21). The van der Waals surface area contributed by atoms with E-state index in [9.17, 15) is 8.42 Å². The highest BCUT2D eigenvalue weighted by molar-refractivity contribution is 7.90. The van der Waals surface area contributed by atoms with Gasteiger partial charge in [-0.15, -0.1) is 0 Å². The molecule has 25 heavy (non-hydrogen) atoms. The fourth-order valence-corrected chi connectivity index (χ4v) is 3.37. The molecule has 0 amide bonds. The van der Waals surface area contributed by atoms with Crippen LogP contribution in [0, 0.1) is 12.8 Å². The molecule has 1 N–H and O–H groups in total. The Bertz CT molecular complexity index is 1020.